The normalized spacial score (nSPS) is 14.4. The van der Waals surface area contributed by atoms with Gasteiger partial charge in [0.15, 0.2) is 0 Å². The number of hydrogen-bond acceptors (Lipinski definition) is 6. The van der Waals surface area contributed by atoms with Crippen molar-refractivity contribution >= 4 is 40.7 Å². The minimum Gasteiger partial charge on any atom is -0.465 e. The molecule has 1 aliphatic rings. The summed E-state index contributed by atoms with van der Waals surface area (Å²) in [6.07, 6.45) is 3.23. The fourth-order valence-corrected chi connectivity index (χ4v) is 3.31. The third kappa shape index (κ3) is 4.50. The van der Waals surface area contributed by atoms with E-state index in [1.54, 1.807) is 29.5 Å². The van der Waals surface area contributed by atoms with E-state index in [0.29, 0.717) is 37.6 Å². The molecule has 26 heavy (non-hydrogen) atoms. The maximum atomic E-state index is 12.2. The highest BCUT2D eigenvalue weighted by molar-refractivity contribution is 7.10. The molecule has 6 nitrogen and oxygen atoms in total. The number of amides is 1. The quantitative estimate of drug-likeness (QED) is 0.645. The summed E-state index contributed by atoms with van der Waals surface area (Å²) in [6, 6.07) is 9.12. The van der Waals surface area contributed by atoms with Gasteiger partial charge in [-0.25, -0.2) is 4.79 Å². The van der Waals surface area contributed by atoms with E-state index in [0.717, 1.165) is 10.6 Å². The number of thiophene rings is 1. The standard InChI is InChI=1S/C19H20N2O4S/c1-24-19(23)16-13-14(4-6-17(16)21-8-10-25-11-9-21)20-18(22)7-5-15-3-2-12-26-15/h2-7,12-13H,8-11H2,1H3,(H,20,22)/b7-5+. The highest BCUT2D eigenvalue weighted by atomic mass is 32.1. The number of nitrogens with one attached hydrogen (secondary N) is 1. The Kier molecular flexibility index (Phi) is 6.04. The second-order valence-corrected chi connectivity index (χ2v) is 6.64. The molecule has 0 bridgehead atoms. The SMILES string of the molecule is COC(=O)c1cc(NC(=O)/C=C/c2cccs2)ccc1N1CCOCC1. The molecule has 2 aromatic rings. The van der Waals surface area contributed by atoms with Gasteiger partial charge in [-0.2, -0.15) is 0 Å². The third-order valence-corrected chi connectivity index (χ3v) is 4.80. The molecule has 1 fully saturated rings. The summed E-state index contributed by atoms with van der Waals surface area (Å²) < 4.78 is 10.3. The Morgan fingerprint density at radius 2 is 2.08 bits per heavy atom. The predicted octanol–water partition coefficient (Wildman–Crippen LogP) is 3.02. The molecular weight excluding hydrogens is 352 g/mol. The molecule has 3 rings (SSSR count). The van der Waals surface area contributed by atoms with Gasteiger partial charge in [0.25, 0.3) is 0 Å². The number of anilines is 2. The average molecular weight is 372 g/mol. The lowest BCUT2D eigenvalue weighted by Gasteiger charge is -2.30. The summed E-state index contributed by atoms with van der Waals surface area (Å²) in [5.74, 6) is -0.690. The highest BCUT2D eigenvalue weighted by Gasteiger charge is 2.20. The van der Waals surface area contributed by atoms with Crippen molar-refractivity contribution in [2.75, 3.05) is 43.6 Å². The number of esters is 1. The van der Waals surface area contributed by atoms with Crippen LogP contribution in [-0.4, -0.2) is 45.3 Å². The first kappa shape index (κ1) is 18.2. The van der Waals surface area contributed by atoms with E-state index in [4.69, 9.17) is 9.47 Å². The number of morpholine rings is 1. The van der Waals surface area contributed by atoms with E-state index in [9.17, 15) is 9.59 Å². The van der Waals surface area contributed by atoms with Gasteiger partial charge in [-0.05, 0) is 35.7 Å². The summed E-state index contributed by atoms with van der Waals surface area (Å²) >= 11 is 1.55. The molecule has 1 saturated heterocycles. The smallest absolute Gasteiger partial charge is 0.340 e. The van der Waals surface area contributed by atoms with Crippen molar-refractivity contribution in [2.45, 2.75) is 0 Å². The second kappa shape index (κ2) is 8.64. The summed E-state index contributed by atoms with van der Waals surface area (Å²) in [5.41, 5.74) is 1.75. The molecular formula is C19H20N2O4S. The van der Waals surface area contributed by atoms with Crippen molar-refractivity contribution in [3.63, 3.8) is 0 Å². The van der Waals surface area contributed by atoms with E-state index in [2.05, 4.69) is 10.2 Å². The van der Waals surface area contributed by atoms with Crippen molar-refractivity contribution in [1.29, 1.82) is 0 Å². The summed E-state index contributed by atoms with van der Waals surface area (Å²) in [5, 5.41) is 4.73. The molecule has 1 aliphatic heterocycles. The van der Waals surface area contributed by atoms with Crippen LogP contribution in [0.3, 0.4) is 0 Å². The van der Waals surface area contributed by atoms with Gasteiger partial charge in [0.05, 0.1) is 31.6 Å². The van der Waals surface area contributed by atoms with Gasteiger partial charge in [-0.15, -0.1) is 11.3 Å². The molecule has 7 heteroatoms. The second-order valence-electron chi connectivity index (χ2n) is 5.66. The van der Waals surface area contributed by atoms with Gasteiger partial charge in [-0.1, -0.05) is 6.07 Å². The minimum atomic E-state index is -0.434. The van der Waals surface area contributed by atoms with Crippen molar-refractivity contribution in [1.82, 2.24) is 0 Å². The first-order valence-corrected chi connectivity index (χ1v) is 9.13. The molecule has 0 unspecified atom stereocenters. The Balaban J connectivity index is 1.77. The van der Waals surface area contributed by atoms with Gasteiger partial charge in [0.2, 0.25) is 5.91 Å². The van der Waals surface area contributed by atoms with Gasteiger partial charge in [0, 0.05) is 29.7 Å². The zero-order valence-corrected chi connectivity index (χ0v) is 15.3. The van der Waals surface area contributed by atoms with Crippen LogP contribution in [0.2, 0.25) is 0 Å². The summed E-state index contributed by atoms with van der Waals surface area (Å²) in [4.78, 5) is 27.4. The van der Waals surface area contributed by atoms with Gasteiger partial charge < -0.3 is 19.7 Å². The Bertz CT molecular complexity index is 796. The van der Waals surface area contributed by atoms with E-state index in [-0.39, 0.29) is 5.91 Å². The lowest BCUT2D eigenvalue weighted by Crippen LogP contribution is -2.37. The van der Waals surface area contributed by atoms with Crippen LogP contribution in [0.25, 0.3) is 6.08 Å². The highest BCUT2D eigenvalue weighted by Crippen LogP contribution is 2.26. The molecule has 0 spiro atoms. The Morgan fingerprint density at radius 1 is 1.27 bits per heavy atom. The molecule has 0 radical (unpaired) electrons. The van der Waals surface area contributed by atoms with Crippen LogP contribution in [0, 0.1) is 0 Å². The van der Waals surface area contributed by atoms with Crippen LogP contribution in [0.5, 0.6) is 0 Å². The Morgan fingerprint density at radius 3 is 2.77 bits per heavy atom. The van der Waals surface area contributed by atoms with Crippen LogP contribution in [-0.2, 0) is 14.3 Å². The number of benzene rings is 1. The summed E-state index contributed by atoms with van der Waals surface area (Å²) in [7, 11) is 1.35. The number of ether oxygens (including phenoxy) is 2. The van der Waals surface area contributed by atoms with Gasteiger partial charge in [0.1, 0.15) is 0 Å². The van der Waals surface area contributed by atoms with Crippen LogP contribution in [0.4, 0.5) is 11.4 Å². The van der Waals surface area contributed by atoms with Crippen molar-refractivity contribution < 1.29 is 19.1 Å². The number of carbonyl (C=O) groups is 2. The molecule has 2 heterocycles. The molecule has 0 saturated carbocycles. The molecule has 0 aliphatic carbocycles. The maximum Gasteiger partial charge on any atom is 0.340 e. The van der Waals surface area contributed by atoms with E-state index in [1.807, 2.05) is 23.6 Å². The first-order chi connectivity index (χ1) is 12.7. The molecule has 1 aromatic carbocycles. The number of rotatable bonds is 5. The van der Waals surface area contributed by atoms with Gasteiger partial charge >= 0.3 is 5.97 Å². The zero-order chi connectivity index (χ0) is 18.4. The molecule has 1 amide bonds. The van der Waals surface area contributed by atoms with Crippen molar-refractivity contribution in [3.05, 3.63) is 52.2 Å². The maximum absolute atomic E-state index is 12.2. The average Bonchev–Trinajstić information content (AvgIpc) is 3.20. The molecule has 1 aromatic heterocycles. The first-order valence-electron chi connectivity index (χ1n) is 8.25. The van der Waals surface area contributed by atoms with Crippen LogP contribution in [0.1, 0.15) is 15.2 Å². The fourth-order valence-electron chi connectivity index (χ4n) is 2.70. The van der Waals surface area contributed by atoms with Crippen LogP contribution < -0.4 is 10.2 Å². The monoisotopic (exact) mass is 372 g/mol. The van der Waals surface area contributed by atoms with Crippen LogP contribution in [0.15, 0.2) is 41.8 Å². The molecule has 1 N–H and O–H groups in total. The van der Waals surface area contributed by atoms with Crippen molar-refractivity contribution in [3.8, 4) is 0 Å². The number of carbonyl (C=O) groups excluding carboxylic acids is 2. The largest absolute Gasteiger partial charge is 0.465 e. The van der Waals surface area contributed by atoms with Gasteiger partial charge in [-0.3, -0.25) is 4.79 Å². The van der Waals surface area contributed by atoms with E-state index < -0.39 is 5.97 Å². The number of hydrogen-bond donors (Lipinski definition) is 1. The Hall–Kier alpha value is -2.64. The lowest BCUT2D eigenvalue weighted by molar-refractivity contribution is -0.111. The minimum absolute atomic E-state index is 0.256. The van der Waals surface area contributed by atoms with E-state index >= 15 is 0 Å². The predicted molar refractivity (Wildman–Crippen MR) is 103 cm³/mol. The van der Waals surface area contributed by atoms with E-state index in [1.165, 1.54) is 13.2 Å². The lowest BCUT2D eigenvalue weighted by atomic mass is 10.1. The van der Waals surface area contributed by atoms with Crippen LogP contribution >= 0.6 is 11.3 Å². The molecule has 136 valence electrons. The topological polar surface area (TPSA) is 67.9 Å². The third-order valence-electron chi connectivity index (χ3n) is 3.96. The fraction of sp³-hybridized carbons (Fsp3) is 0.263. The summed E-state index contributed by atoms with van der Waals surface area (Å²) in [6.45, 7) is 2.65. The Labute approximate surface area is 156 Å². The molecule has 0 atom stereocenters. The van der Waals surface area contributed by atoms with Crippen molar-refractivity contribution in [2.24, 2.45) is 0 Å². The zero-order valence-electron chi connectivity index (χ0n) is 14.4. The number of methoxy groups -OCH3 is 1. The number of nitrogens with zero attached hydrogens (tertiary/aromatic N) is 1.